The van der Waals surface area contributed by atoms with E-state index in [2.05, 4.69) is 14.6 Å². The average Bonchev–Trinajstić information content (AvgIpc) is 3.38. The van der Waals surface area contributed by atoms with E-state index in [0.29, 0.717) is 12.1 Å². The molecule has 9 nitrogen and oxygen atoms in total. The average molecular weight is 498 g/mol. The molecule has 5 rings (SSSR count). The minimum atomic E-state index is -0.990. The highest BCUT2D eigenvalue weighted by Crippen LogP contribution is 2.31. The zero-order chi connectivity index (χ0) is 25.9. The fourth-order valence-electron chi connectivity index (χ4n) is 4.36. The number of carbonyl (C=O) groups excluding carboxylic acids is 1. The normalized spacial score (nSPS) is 14.1. The molecule has 0 unspecified atom stereocenters. The summed E-state index contributed by atoms with van der Waals surface area (Å²) in [5.41, 5.74) is 4.56. The Hall–Kier alpha value is -4.50. The van der Waals surface area contributed by atoms with Crippen LogP contribution in [0.3, 0.4) is 0 Å². The molecule has 1 N–H and O–H groups in total. The van der Waals surface area contributed by atoms with Crippen molar-refractivity contribution in [3.8, 4) is 0 Å². The number of oxime groups is 1. The number of imidazole rings is 1. The minimum Gasteiger partial charge on any atom is -0.478 e. The van der Waals surface area contributed by atoms with Crippen LogP contribution in [-0.4, -0.2) is 57.8 Å². The zero-order valence-electron chi connectivity index (χ0n) is 20.7. The molecule has 0 fully saturated rings. The summed E-state index contributed by atoms with van der Waals surface area (Å²) in [6, 6.07) is 21.8. The number of anilines is 1. The maximum atomic E-state index is 13.5. The number of nitrogens with zero attached hydrogens (tertiary/aromatic N) is 5. The van der Waals surface area contributed by atoms with Gasteiger partial charge in [-0.15, -0.1) is 0 Å². The minimum absolute atomic E-state index is 0.110. The molecule has 2 heterocycles. The van der Waals surface area contributed by atoms with Gasteiger partial charge in [-0.25, -0.2) is 9.78 Å². The highest BCUT2D eigenvalue weighted by atomic mass is 16.6. The van der Waals surface area contributed by atoms with Gasteiger partial charge in [-0.2, -0.15) is 0 Å². The first kappa shape index (κ1) is 24.2. The van der Waals surface area contributed by atoms with E-state index in [1.807, 2.05) is 62.6 Å². The number of fused-ring (bicyclic) bond motifs is 2. The lowest BCUT2D eigenvalue weighted by Gasteiger charge is -2.18. The molecular formula is C28H27N5O4. The Kier molecular flexibility index (Phi) is 6.70. The number of rotatable bonds is 9. The molecule has 3 aromatic carbocycles. The summed E-state index contributed by atoms with van der Waals surface area (Å²) >= 11 is 0. The van der Waals surface area contributed by atoms with Gasteiger partial charge < -0.3 is 19.4 Å². The van der Waals surface area contributed by atoms with Gasteiger partial charge in [-0.05, 0) is 50.0 Å². The first-order valence-electron chi connectivity index (χ1n) is 11.9. The second kappa shape index (κ2) is 10.2. The maximum absolute atomic E-state index is 13.5. The summed E-state index contributed by atoms with van der Waals surface area (Å²) in [6.07, 6.45) is 0. The van der Waals surface area contributed by atoms with Crippen molar-refractivity contribution in [2.24, 2.45) is 5.16 Å². The van der Waals surface area contributed by atoms with Crippen LogP contribution in [0.4, 0.5) is 5.69 Å². The van der Waals surface area contributed by atoms with Crippen LogP contribution in [0, 0.1) is 0 Å². The number of amides is 1. The molecule has 188 valence electrons. The lowest BCUT2D eigenvalue weighted by molar-refractivity contribution is -0.112. The van der Waals surface area contributed by atoms with Gasteiger partial charge in [0, 0.05) is 18.7 Å². The lowest BCUT2D eigenvalue weighted by Crippen LogP contribution is -2.31. The van der Waals surface area contributed by atoms with E-state index >= 15 is 0 Å². The summed E-state index contributed by atoms with van der Waals surface area (Å²) in [5.74, 6) is -0.447. The first-order chi connectivity index (χ1) is 17.9. The van der Waals surface area contributed by atoms with Crippen molar-refractivity contribution >= 4 is 34.3 Å². The molecule has 0 atom stereocenters. The number of likely N-dealkylation sites (N-methyl/N-ethyl adjacent to an activating group) is 1. The van der Waals surface area contributed by atoms with Gasteiger partial charge in [0.2, 0.25) is 0 Å². The number of carbonyl (C=O) groups is 2. The number of para-hydroxylation sites is 3. The molecule has 4 aromatic rings. The van der Waals surface area contributed by atoms with Crippen LogP contribution in [0.25, 0.3) is 11.0 Å². The second-order valence-corrected chi connectivity index (χ2v) is 9.10. The van der Waals surface area contributed by atoms with Crippen molar-refractivity contribution in [2.45, 2.75) is 19.7 Å². The van der Waals surface area contributed by atoms with Gasteiger partial charge in [0.05, 0.1) is 28.8 Å². The van der Waals surface area contributed by atoms with E-state index in [1.54, 1.807) is 17.0 Å². The number of carboxylic acid groups (broad SMARTS) is 1. The van der Waals surface area contributed by atoms with Crippen molar-refractivity contribution in [1.82, 2.24) is 14.5 Å². The fraction of sp³-hybridized carbons (Fsp3) is 0.214. The molecule has 37 heavy (non-hydrogen) atoms. The highest BCUT2D eigenvalue weighted by molar-refractivity contribution is 6.54. The third kappa shape index (κ3) is 4.94. The van der Waals surface area contributed by atoms with Gasteiger partial charge in [-0.1, -0.05) is 47.6 Å². The Bertz CT molecular complexity index is 1490. The van der Waals surface area contributed by atoms with Crippen LogP contribution in [0.1, 0.15) is 27.3 Å². The van der Waals surface area contributed by atoms with Crippen LogP contribution in [-0.2, 0) is 29.3 Å². The second-order valence-electron chi connectivity index (χ2n) is 9.10. The smallest absolute Gasteiger partial charge is 0.335 e. The highest BCUT2D eigenvalue weighted by Gasteiger charge is 2.35. The van der Waals surface area contributed by atoms with Crippen molar-refractivity contribution in [3.63, 3.8) is 0 Å². The number of hydrogen-bond donors (Lipinski definition) is 1. The molecular weight excluding hydrogens is 470 g/mol. The van der Waals surface area contributed by atoms with Crippen molar-refractivity contribution in [1.29, 1.82) is 0 Å². The molecule has 0 radical (unpaired) electrons. The number of aromatic carboxylic acids is 1. The Morgan fingerprint density at radius 3 is 2.51 bits per heavy atom. The molecule has 9 heteroatoms. The number of aromatic nitrogens is 2. The SMILES string of the molecule is CN(C)CCn1c(CN2C(=O)C(=NOCc3ccc(C(=O)O)cc3)c3ccccc32)nc2ccccc21. The molecule has 1 aliphatic rings. The molecule has 0 bridgehead atoms. The standard InChI is InChI=1S/C28H27N5O4/c1-31(2)15-16-32-24-10-6-4-8-22(24)29-25(32)17-33-23-9-5-3-7-21(23)26(27(33)34)30-37-18-19-11-13-20(14-12-19)28(35)36/h3-14H,15-18H2,1-2H3,(H,35,36). The summed E-state index contributed by atoms with van der Waals surface area (Å²) in [7, 11) is 4.06. The molecule has 0 spiro atoms. The van der Waals surface area contributed by atoms with E-state index < -0.39 is 5.97 Å². The third-order valence-corrected chi connectivity index (χ3v) is 6.29. The molecule has 1 aromatic heterocycles. The van der Waals surface area contributed by atoms with E-state index in [0.717, 1.165) is 41.2 Å². The summed E-state index contributed by atoms with van der Waals surface area (Å²) < 4.78 is 2.16. The van der Waals surface area contributed by atoms with Gasteiger partial charge >= 0.3 is 5.97 Å². The van der Waals surface area contributed by atoms with Crippen molar-refractivity contribution < 1.29 is 19.5 Å². The molecule has 0 saturated heterocycles. The third-order valence-electron chi connectivity index (χ3n) is 6.29. The summed E-state index contributed by atoms with van der Waals surface area (Å²) in [5, 5.41) is 13.2. The van der Waals surface area contributed by atoms with Crippen LogP contribution in [0.2, 0.25) is 0 Å². The van der Waals surface area contributed by atoms with Crippen molar-refractivity contribution in [2.75, 3.05) is 25.5 Å². The zero-order valence-corrected chi connectivity index (χ0v) is 20.7. The number of carboxylic acids is 1. The maximum Gasteiger partial charge on any atom is 0.335 e. The molecule has 1 aliphatic heterocycles. The van der Waals surface area contributed by atoms with E-state index in [4.69, 9.17) is 14.9 Å². The summed E-state index contributed by atoms with van der Waals surface area (Å²) in [6.45, 7) is 2.00. The Morgan fingerprint density at radius 2 is 1.76 bits per heavy atom. The first-order valence-corrected chi connectivity index (χ1v) is 11.9. The largest absolute Gasteiger partial charge is 0.478 e. The summed E-state index contributed by atoms with van der Waals surface area (Å²) in [4.78, 5) is 38.8. The predicted molar refractivity (Wildman–Crippen MR) is 141 cm³/mol. The Morgan fingerprint density at radius 1 is 1.03 bits per heavy atom. The topological polar surface area (TPSA) is 100 Å². The number of hydrogen-bond acceptors (Lipinski definition) is 6. The van der Waals surface area contributed by atoms with Gasteiger partial charge in [0.15, 0.2) is 5.71 Å². The Labute approximate surface area is 214 Å². The van der Waals surface area contributed by atoms with E-state index in [1.165, 1.54) is 12.1 Å². The van der Waals surface area contributed by atoms with Crippen molar-refractivity contribution in [3.05, 3.63) is 95.3 Å². The van der Waals surface area contributed by atoms with Crippen LogP contribution in [0.15, 0.2) is 78.0 Å². The predicted octanol–water partition coefficient (Wildman–Crippen LogP) is 3.76. The molecule has 1 amide bonds. The molecule has 0 saturated carbocycles. The fourth-order valence-corrected chi connectivity index (χ4v) is 4.36. The van der Waals surface area contributed by atoms with Gasteiger partial charge in [0.1, 0.15) is 12.4 Å². The van der Waals surface area contributed by atoms with Gasteiger partial charge in [-0.3, -0.25) is 9.69 Å². The molecule has 0 aliphatic carbocycles. The quantitative estimate of drug-likeness (QED) is 0.354. The van der Waals surface area contributed by atoms with E-state index in [-0.39, 0.29) is 23.8 Å². The lowest BCUT2D eigenvalue weighted by atomic mass is 10.1. The van der Waals surface area contributed by atoms with E-state index in [9.17, 15) is 9.59 Å². The van der Waals surface area contributed by atoms with Crippen LogP contribution < -0.4 is 4.90 Å². The van der Waals surface area contributed by atoms with Crippen LogP contribution in [0.5, 0.6) is 0 Å². The van der Waals surface area contributed by atoms with Crippen LogP contribution >= 0.6 is 0 Å². The van der Waals surface area contributed by atoms with Gasteiger partial charge in [0.25, 0.3) is 5.91 Å². The Balaban J connectivity index is 1.40. The number of benzene rings is 3. The monoisotopic (exact) mass is 497 g/mol.